The molecule has 0 radical (unpaired) electrons. The topological polar surface area (TPSA) is 49.8 Å². The van der Waals surface area contributed by atoms with Crippen LogP contribution in [0.25, 0.3) is 0 Å². The van der Waals surface area contributed by atoms with Crippen LogP contribution in [0.5, 0.6) is 0 Å². The first-order valence-corrected chi connectivity index (χ1v) is 7.37. The highest BCUT2D eigenvalue weighted by molar-refractivity contribution is 7.99. The van der Waals surface area contributed by atoms with Crippen molar-refractivity contribution in [1.82, 2.24) is 4.90 Å². The minimum Gasteiger partial charge on any atom is -0.468 e. The fourth-order valence-corrected chi connectivity index (χ4v) is 3.22. The highest BCUT2D eigenvalue weighted by Crippen LogP contribution is 2.22. The number of benzene rings is 1. The largest absolute Gasteiger partial charge is 0.468 e. The number of ether oxygens (including phenoxy) is 1. The van der Waals surface area contributed by atoms with Crippen LogP contribution in [-0.4, -0.2) is 54.1 Å². The number of aliphatic hydroxyl groups excluding tert-OH is 1. The molecule has 0 saturated carbocycles. The average molecular weight is 281 g/mol. The number of hydrogen-bond donors (Lipinski definition) is 1. The summed E-state index contributed by atoms with van der Waals surface area (Å²) < 4.78 is 4.78. The molecule has 0 spiro atoms. The molecule has 1 aliphatic rings. The molecule has 19 heavy (non-hydrogen) atoms. The van der Waals surface area contributed by atoms with Gasteiger partial charge >= 0.3 is 5.97 Å². The second-order valence-corrected chi connectivity index (χ2v) is 5.75. The Morgan fingerprint density at radius 2 is 2.21 bits per heavy atom. The van der Waals surface area contributed by atoms with Crippen LogP contribution in [0.2, 0.25) is 0 Å². The Morgan fingerprint density at radius 3 is 2.89 bits per heavy atom. The summed E-state index contributed by atoms with van der Waals surface area (Å²) in [7, 11) is 1.39. The fourth-order valence-electron chi connectivity index (χ4n) is 2.31. The van der Waals surface area contributed by atoms with Crippen LogP contribution in [0.4, 0.5) is 0 Å². The van der Waals surface area contributed by atoms with Crippen molar-refractivity contribution in [2.24, 2.45) is 0 Å². The first-order valence-electron chi connectivity index (χ1n) is 6.38. The van der Waals surface area contributed by atoms with Crippen LogP contribution < -0.4 is 0 Å². The second kappa shape index (κ2) is 6.93. The molecule has 1 heterocycles. The first-order chi connectivity index (χ1) is 9.20. The lowest BCUT2D eigenvalue weighted by Crippen LogP contribution is -2.38. The number of esters is 1. The normalized spacial score (nSPS) is 23.5. The number of carbonyl (C=O) groups excluding carboxylic acids is 1. The number of methoxy groups -OCH3 is 1. The maximum absolute atomic E-state index is 11.6. The van der Waals surface area contributed by atoms with E-state index in [1.165, 1.54) is 12.0 Å². The molecule has 0 aromatic heterocycles. The van der Waals surface area contributed by atoms with E-state index in [0.717, 1.165) is 12.3 Å². The molecule has 0 bridgehead atoms. The summed E-state index contributed by atoms with van der Waals surface area (Å²) in [5.41, 5.74) is 0. The van der Waals surface area contributed by atoms with Crippen LogP contribution in [0.15, 0.2) is 35.2 Å². The zero-order valence-corrected chi connectivity index (χ0v) is 11.8. The third kappa shape index (κ3) is 3.96. The SMILES string of the molecule is COC(=O)C1CC(O)CN1CCSc1ccccc1. The van der Waals surface area contributed by atoms with Crippen LogP contribution in [0, 0.1) is 0 Å². The fraction of sp³-hybridized carbons (Fsp3) is 0.500. The summed E-state index contributed by atoms with van der Waals surface area (Å²) >= 11 is 1.75. The van der Waals surface area contributed by atoms with Gasteiger partial charge in [0.1, 0.15) is 6.04 Å². The van der Waals surface area contributed by atoms with Crippen LogP contribution in [-0.2, 0) is 9.53 Å². The van der Waals surface area contributed by atoms with Gasteiger partial charge in [0.15, 0.2) is 0 Å². The van der Waals surface area contributed by atoms with E-state index in [4.69, 9.17) is 4.74 Å². The maximum Gasteiger partial charge on any atom is 0.323 e. The van der Waals surface area contributed by atoms with E-state index in [9.17, 15) is 9.90 Å². The number of rotatable bonds is 5. The van der Waals surface area contributed by atoms with Crippen LogP contribution in [0.3, 0.4) is 0 Å². The van der Waals surface area contributed by atoms with E-state index in [2.05, 4.69) is 12.1 Å². The maximum atomic E-state index is 11.6. The number of likely N-dealkylation sites (tertiary alicyclic amines) is 1. The van der Waals surface area contributed by atoms with Gasteiger partial charge in [0, 0.05) is 30.2 Å². The van der Waals surface area contributed by atoms with Crippen molar-refractivity contribution >= 4 is 17.7 Å². The van der Waals surface area contributed by atoms with Gasteiger partial charge in [-0.05, 0) is 12.1 Å². The highest BCUT2D eigenvalue weighted by atomic mass is 32.2. The number of nitrogens with zero attached hydrogens (tertiary/aromatic N) is 1. The van der Waals surface area contributed by atoms with Crippen molar-refractivity contribution in [3.63, 3.8) is 0 Å². The van der Waals surface area contributed by atoms with Gasteiger partial charge in [0.2, 0.25) is 0 Å². The van der Waals surface area contributed by atoms with Gasteiger partial charge in [-0.25, -0.2) is 0 Å². The number of carbonyl (C=O) groups is 1. The molecule has 5 heteroatoms. The number of hydrogen-bond acceptors (Lipinski definition) is 5. The van der Waals surface area contributed by atoms with Gasteiger partial charge in [0.25, 0.3) is 0 Å². The Hall–Kier alpha value is -1.04. The molecule has 1 fully saturated rings. The van der Waals surface area contributed by atoms with Crippen LogP contribution in [0.1, 0.15) is 6.42 Å². The molecule has 1 N–H and O–H groups in total. The molecule has 4 nitrogen and oxygen atoms in total. The average Bonchev–Trinajstić information content (AvgIpc) is 2.80. The van der Waals surface area contributed by atoms with E-state index in [1.807, 2.05) is 23.1 Å². The Labute approximate surface area is 117 Å². The Morgan fingerprint density at radius 1 is 1.47 bits per heavy atom. The molecule has 0 amide bonds. The summed E-state index contributed by atoms with van der Waals surface area (Å²) in [6, 6.07) is 9.87. The minimum absolute atomic E-state index is 0.249. The molecule has 1 saturated heterocycles. The van der Waals surface area contributed by atoms with E-state index in [-0.39, 0.29) is 12.0 Å². The predicted octanol–water partition coefficient (Wildman–Crippen LogP) is 1.39. The van der Waals surface area contributed by atoms with E-state index in [0.29, 0.717) is 13.0 Å². The molecule has 1 aliphatic heterocycles. The van der Waals surface area contributed by atoms with Gasteiger partial charge < -0.3 is 9.84 Å². The minimum atomic E-state index is -0.425. The van der Waals surface area contributed by atoms with Gasteiger partial charge in [0.05, 0.1) is 13.2 Å². The van der Waals surface area contributed by atoms with Gasteiger partial charge in [-0.15, -0.1) is 11.8 Å². The lowest BCUT2D eigenvalue weighted by Gasteiger charge is -2.21. The molecule has 0 aliphatic carbocycles. The summed E-state index contributed by atoms with van der Waals surface area (Å²) in [6.07, 6.45) is 0.0497. The molecular weight excluding hydrogens is 262 g/mol. The smallest absolute Gasteiger partial charge is 0.323 e. The quantitative estimate of drug-likeness (QED) is 0.653. The first kappa shape index (κ1) is 14.4. The van der Waals surface area contributed by atoms with E-state index in [1.54, 1.807) is 11.8 Å². The van der Waals surface area contributed by atoms with E-state index >= 15 is 0 Å². The summed E-state index contributed by atoms with van der Waals surface area (Å²) in [5, 5.41) is 9.67. The molecular formula is C14H19NO3S. The van der Waals surface area contributed by atoms with Gasteiger partial charge in [-0.3, -0.25) is 9.69 Å². The van der Waals surface area contributed by atoms with Gasteiger partial charge in [-0.2, -0.15) is 0 Å². The third-order valence-corrected chi connectivity index (χ3v) is 4.24. The Bertz CT molecular complexity index is 412. The molecule has 2 unspecified atom stereocenters. The molecule has 104 valence electrons. The second-order valence-electron chi connectivity index (χ2n) is 4.58. The van der Waals surface area contributed by atoms with Crippen molar-refractivity contribution in [1.29, 1.82) is 0 Å². The summed E-state index contributed by atoms with van der Waals surface area (Å²) in [5.74, 6) is 0.644. The number of thioether (sulfide) groups is 1. The highest BCUT2D eigenvalue weighted by Gasteiger charge is 2.36. The van der Waals surface area contributed by atoms with Gasteiger partial charge in [-0.1, -0.05) is 18.2 Å². The monoisotopic (exact) mass is 281 g/mol. The molecule has 2 rings (SSSR count). The lowest BCUT2D eigenvalue weighted by molar-refractivity contribution is -0.145. The molecule has 1 aromatic carbocycles. The van der Waals surface area contributed by atoms with Crippen molar-refractivity contribution in [3.05, 3.63) is 30.3 Å². The van der Waals surface area contributed by atoms with Crippen molar-refractivity contribution in [2.45, 2.75) is 23.5 Å². The number of β-amino-alcohol motifs (C(OH)–C–C–N with tert-alkyl or cyclic N) is 1. The van der Waals surface area contributed by atoms with E-state index < -0.39 is 6.10 Å². The molecule has 1 aromatic rings. The Kier molecular flexibility index (Phi) is 5.24. The summed E-state index contributed by atoms with van der Waals surface area (Å²) in [4.78, 5) is 14.8. The number of aliphatic hydroxyl groups is 1. The predicted molar refractivity (Wildman–Crippen MR) is 75.2 cm³/mol. The lowest BCUT2D eigenvalue weighted by atomic mass is 10.2. The van der Waals surface area contributed by atoms with Crippen molar-refractivity contribution < 1.29 is 14.6 Å². The standard InChI is InChI=1S/C14H19NO3S/c1-18-14(17)13-9-11(16)10-15(13)7-8-19-12-5-3-2-4-6-12/h2-6,11,13,16H,7-10H2,1H3. The zero-order valence-electron chi connectivity index (χ0n) is 11.0. The van der Waals surface area contributed by atoms with Crippen molar-refractivity contribution in [3.8, 4) is 0 Å². The zero-order chi connectivity index (χ0) is 13.7. The van der Waals surface area contributed by atoms with Crippen molar-refractivity contribution in [2.75, 3.05) is 26.0 Å². The molecule has 2 atom stereocenters. The van der Waals surface area contributed by atoms with Crippen LogP contribution >= 0.6 is 11.8 Å². The summed E-state index contributed by atoms with van der Waals surface area (Å²) in [6.45, 7) is 1.32. The Balaban J connectivity index is 1.82. The third-order valence-electron chi connectivity index (χ3n) is 3.25.